The first-order valence-electron chi connectivity index (χ1n) is 24.6. The molecule has 4 saturated heterocycles. The Labute approximate surface area is 398 Å². The van der Waals surface area contributed by atoms with Gasteiger partial charge in [-0.05, 0) is 77.6 Å². The van der Waals surface area contributed by atoms with Gasteiger partial charge in [0.05, 0.1) is 61.0 Å². The highest BCUT2D eigenvalue weighted by molar-refractivity contribution is 5.80. The molecule has 3 saturated carbocycles. The third-order valence-electron chi connectivity index (χ3n) is 17.8. The highest BCUT2D eigenvalue weighted by atomic mass is 16.8. The first-order chi connectivity index (χ1) is 32.2. The molecule has 0 amide bonds. The first kappa shape index (κ1) is 53.0. The van der Waals surface area contributed by atoms with Crippen LogP contribution in [0.4, 0.5) is 0 Å². The lowest BCUT2D eigenvalue weighted by Gasteiger charge is -2.64. The fourth-order valence-electron chi connectivity index (χ4n) is 13.9. The van der Waals surface area contributed by atoms with Crippen LogP contribution in [0.2, 0.25) is 0 Å². The Balaban J connectivity index is 0.855. The molecule has 27 atom stereocenters. The number of Topliss-reactive ketones (excluding diaryl/α,β-unsaturated/α-hetero) is 1. The van der Waals surface area contributed by atoms with Crippen molar-refractivity contribution in [3.8, 4) is 0 Å². The number of aliphatic hydroxyl groups is 8. The molecule has 0 aromatic carbocycles. The molecule has 8 rings (SSSR count). The monoisotopic (exact) mass is 975 g/mol. The number of fused-ring (bicyclic) bond motifs is 5. The molecular formula is C48H78O20. The molecule has 0 bridgehead atoms. The lowest BCUT2D eigenvalue weighted by atomic mass is 9.44. The lowest BCUT2D eigenvalue weighted by molar-refractivity contribution is -0.373. The van der Waals surface area contributed by atoms with Crippen molar-refractivity contribution < 1.29 is 97.8 Å². The minimum atomic E-state index is -1.67. The van der Waals surface area contributed by atoms with Crippen molar-refractivity contribution in [3.63, 3.8) is 0 Å². The normalized spacial score (nSPS) is 54.0. The van der Waals surface area contributed by atoms with Crippen LogP contribution in [0.1, 0.15) is 92.9 Å². The Kier molecular flexibility index (Phi) is 16.0. The number of carbonyl (C=O) groups excluding carboxylic acids is 1. The van der Waals surface area contributed by atoms with Gasteiger partial charge in [0.1, 0.15) is 60.7 Å². The van der Waals surface area contributed by atoms with Gasteiger partial charge in [0.15, 0.2) is 25.2 Å². The van der Waals surface area contributed by atoms with Gasteiger partial charge in [-0.25, -0.2) is 0 Å². The number of allylic oxidation sites excluding steroid dienone is 1. The van der Waals surface area contributed by atoms with E-state index in [1.165, 1.54) is 14.0 Å². The number of ether oxygens (including phenoxy) is 11. The summed E-state index contributed by atoms with van der Waals surface area (Å²) >= 11 is 0. The average Bonchev–Trinajstić information content (AvgIpc) is 3.60. The van der Waals surface area contributed by atoms with Crippen LogP contribution >= 0.6 is 0 Å². The Bertz CT molecular complexity index is 1770. The Hall–Kier alpha value is -1.35. The number of hydrogen-bond donors (Lipinski definition) is 8. The van der Waals surface area contributed by atoms with Crippen molar-refractivity contribution in [2.45, 2.75) is 227 Å². The molecule has 4 heterocycles. The van der Waals surface area contributed by atoms with E-state index in [0.29, 0.717) is 44.9 Å². The molecule has 0 aromatic heterocycles. The van der Waals surface area contributed by atoms with Crippen LogP contribution in [0, 0.1) is 28.6 Å². The second-order valence-electron chi connectivity index (χ2n) is 21.3. The van der Waals surface area contributed by atoms with Gasteiger partial charge in [0.2, 0.25) is 0 Å². The molecule has 20 heteroatoms. The Morgan fingerprint density at radius 2 is 1.28 bits per heavy atom. The van der Waals surface area contributed by atoms with Crippen LogP contribution in [0.5, 0.6) is 0 Å². The summed E-state index contributed by atoms with van der Waals surface area (Å²) in [7, 11) is 4.53. The number of aliphatic hydroxyl groups excluding tert-OH is 7. The van der Waals surface area contributed by atoms with E-state index in [2.05, 4.69) is 13.0 Å². The third-order valence-corrected chi connectivity index (χ3v) is 17.8. The number of methoxy groups -OCH3 is 3. The highest BCUT2D eigenvalue weighted by Gasteiger charge is 2.73. The van der Waals surface area contributed by atoms with Gasteiger partial charge in [-0.3, -0.25) is 4.79 Å². The molecule has 20 nitrogen and oxygen atoms in total. The van der Waals surface area contributed by atoms with E-state index in [1.807, 2.05) is 6.92 Å². The Morgan fingerprint density at radius 3 is 1.88 bits per heavy atom. The van der Waals surface area contributed by atoms with Crippen molar-refractivity contribution in [1.82, 2.24) is 0 Å². The van der Waals surface area contributed by atoms with Crippen LogP contribution in [0.15, 0.2) is 11.6 Å². The fourth-order valence-corrected chi connectivity index (χ4v) is 13.9. The summed E-state index contributed by atoms with van der Waals surface area (Å²) < 4.78 is 67.6. The molecule has 4 aliphatic carbocycles. The van der Waals surface area contributed by atoms with E-state index in [4.69, 9.17) is 52.1 Å². The predicted molar refractivity (Wildman–Crippen MR) is 234 cm³/mol. The number of carbonyl (C=O) groups is 1. The molecule has 0 radical (unpaired) electrons. The van der Waals surface area contributed by atoms with E-state index in [0.717, 1.165) is 5.57 Å². The van der Waals surface area contributed by atoms with Crippen LogP contribution in [0.3, 0.4) is 0 Å². The zero-order valence-corrected chi connectivity index (χ0v) is 40.8. The topological polar surface area (TPSA) is 280 Å². The van der Waals surface area contributed by atoms with Crippen molar-refractivity contribution in [2.75, 3.05) is 27.9 Å². The molecule has 8 N–H and O–H groups in total. The van der Waals surface area contributed by atoms with Gasteiger partial charge in [0, 0.05) is 51.4 Å². The number of ketones is 1. The standard InChI is InChI=1S/C48H78O20/c1-20(50)26-13-15-48(57)27-11-10-24-16-25(12-14-46(24,5)33(27)35(52)43(56)47(26,48)6)64-31-17-28(58-7)39(21(2)61-31)66-32-18-29(59-8)40(22(3)62-32)67-45-38(55)42(60-9)41(23(4)63-45)68-44-37(54)36(53)34(51)30(19-49)65-44/h10,21-23,25-45,49,51-57H,11-19H2,1-9H3. The SMILES string of the molecule is COC1CC(OC2CCC3(C)C(=CCC4C3C(O)C(O)C3(C)C(C(C)=O)CCC43O)C2)OC(C)C1OC1CC(OC)C(OC2OC(C)C(OC3OC(CO)C(O)C(O)C3O)C(OC)C2O)C(C)O1. The van der Waals surface area contributed by atoms with Gasteiger partial charge in [-0.15, -0.1) is 0 Å². The van der Waals surface area contributed by atoms with Crippen molar-refractivity contribution in [3.05, 3.63) is 11.6 Å². The van der Waals surface area contributed by atoms with Gasteiger partial charge >= 0.3 is 0 Å². The van der Waals surface area contributed by atoms with E-state index < -0.39 is 152 Å². The maximum absolute atomic E-state index is 12.7. The summed E-state index contributed by atoms with van der Waals surface area (Å²) in [5.41, 5.74) is -1.74. The summed E-state index contributed by atoms with van der Waals surface area (Å²) in [5, 5.41) is 88.1. The maximum atomic E-state index is 12.7. The number of hydrogen-bond acceptors (Lipinski definition) is 20. The summed E-state index contributed by atoms with van der Waals surface area (Å²) in [5.74, 6) is -1.26. The van der Waals surface area contributed by atoms with Crippen molar-refractivity contribution in [2.24, 2.45) is 28.6 Å². The minimum absolute atomic E-state index is 0.0666. The van der Waals surface area contributed by atoms with Crippen LogP contribution in [-0.2, 0) is 56.9 Å². The predicted octanol–water partition coefficient (Wildman–Crippen LogP) is -0.0279. The van der Waals surface area contributed by atoms with Gasteiger partial charge in [-0.2, -0.15) is 0 Å². The quantitative estimate of drug-likeness (QED) is 0.113. The van der Waals surface area contributed by atoms with E-state index in [1.54, 1.807) is 35.0 Å². The van der Waals surface area contributed by atoms with E-state index >= 15 is 0 Å². The molecule has 0 aromatic rings. The first-order valence-corrected chi connectivity index (χ1v) is 24.6. The fraction of sp³-hybridized carbons (Fsp3) is 0.938. The van der Waals surface area contributed by atoms with Gasteiger partial charge in [-0.1, -0.05) is 25.5 Å². The summed E-state index contributed by atoms with van der Waals surface area (Å²) in [4.78, 5) is 12.7. The van der Waals surface area contributed by atoms with E-state index in [9.17, 15) is 45.6 Å². The van der Waals surface area contributed by atoms with Crippen LogP contribution in [0.25, 0.3) is 0 Å². The molecule has 68 heavy (non-hydrogen) atoms. The molecule has 4 aliphatic heterocycles. The molecule has 27 unspecified atom stereocenters. The van der Waals surface area contributed by atoms with Gasteiger partial charge in [0.25, 0.3) is 0 Å². The van der Waals surface area contributed by atoms with Crippen LogP contribution < -0.4 is 0 Å². The maximum Gasteiger partial charge on any atom is 0.187 e. The van der Waals surface area contributed by atoms with Crippen molar-refractivity contribution >= 4 is 5.78 Å². The third kappa shape index (κ3) is 8.99. The molecular weight excluding hydrogens is 897 g/mol. The van der Waals surface area contributed by atoms with E-state index in [-0.39, 0.29) is 30.1 Å². The average molecular weight is 975 g/mol. The molecule has 7 fully saturated rings. The minimum Gasteiger partial charge on any atom is -0.394 e. The Morgan fingerprint density at radius 1 is 0.691 bits per heavy atom. The molecule has 0 spiro atoms. The number of rotatable bonds is 13. The largest absolute Gasteiger partial charge is 0.394 e. The molecule has 390 valence electrons. The second kappa shape index (κ2) is 20.5. The smallest absolute Gasteiger partial charge is 0.187 e. The lowest BCUT2D eigenvalue weighted by Crippen LogP contribution is -2.71. The van der Waals surface area contributed by atoms with Crippen molar-refractivity contribution in [1.29, 1.82) is 0 Å². The second-order valence-corrected chi connectivity index (χ2v) is 21.3. The summed E-state index contributed by atoms with van der Waals surface area (Å²) in [6.45, 7) is 10.2. The van der Waals surface area contributed by atoms with Gasteiger partial charge < -0.3 is 93.0 Å². The van der Waals surface area contributed by atoms with Crippen LogP contribution in [-0.4, -0.2) is 209 Å². The molecule has 8 aliphatic rings. The summed E-state index contributed by atoms with van der Waals surface area (Å²) in [6, 6.07) is 0. The summed E-state index contributed by atoms with van der Waals surface area (Å²) in [6.07, 6.45) is -14.1. The zero-order chi connectivity index (χ0) is 49.4. The zero-order valence-electron chi connectivity index (χ0n) is 40.8. The highest BCUT2D eigenvalue weighted by Crippen LogP contribution is 2.68.